The van der Waals surface area contributed by atoms with E-state index in [4.69, 9.17) is 23.2 Å². The third-order valence-electron chi connectivity index (χ3n) is 2.73. The Hall–Kier alpha value is -2.31. The van der Waals surface area contributed by atoms with E-state index in [1.165, 1.54) is 24.3 Å². The summed E-state index contributed by atoms with van der Waals surface area (Å²) in [4.78, 5) is 21.8. The van der Waals surface area contributed by atoms with Gasteiger partial charge in [-0.2, -0.15) is 0 Å². The summed E-state index contributed by atoms with van der Waals surface area (Å²) in [5.41, 5.74) is 1.13. The number of amides is 1. The van der Waals surface area contributed by atoms with Gasteiger partial charge in [0.05, 0.1) is 21.5 Å². The van der Waals surface area contributed by atoms with Gasteiger partial charge in [-0.3, -0.25) is 14.9 Å². The third-order valence-corrected chi connectivity index (χ3v) is 3.47. The highest BCUT2D eigenvalue weighted by Gasteiger charge is 2.06. The fourth-order valence-corrected chi connectivity index (χ4v) is 1.96. The molecule has 2 N–H and O–H groups in total. The summed E-state index contributed by atoms with van der Waals surface area (Å²) in [7, 11) is 0. The van der Waals surface area contributed by atoms with Crippen LogP contribution in [0.25, 0.3) is 0 Å². The predicted molar refractivity (Wildman–Crippen MR) is 86.7 cm³/mol. The molecule has 22 heavy (non-hydrogen) atoms. The quantitative estimate of drug-likeness (QED) is 0.637. The zero-order valence-corrected chi connectivity index (χ0v) is 12.7. The Morgan fingerprint density at radius 3 is 2.27 bits per heavy atom. The minimum absolute atomic E-state index is 0.00851. The Labute approximate surface area is 136 Å². The lowest BCUT2D eigenvalue weighted by molar-refractivity contribution is -0.384. The number of nitro groups is 1. The number of nitrogens with zero attached hydrogens (tertiary/aromatic N) is 1. The second-order valence-electron chi connectivity index (χ2n) is 4.33. The summed E-state index contributed by atoms with van der Waals surface area (Å²) in [5.74, 6) is -0.281. The second kappa shape index (κ2) is 7.11. The summed E-state index contributed by atoms with van der Waals surface area (Å²) >= 11 is 11.6. The van der Waals surface area contributed by atoms with Crippen molar-refractivity contribution in [3.63, 3.8) is 0 Å². The molecule has 0 saturated carbocycles. The number of anilines is 2. The Morgan fingerprint density at radius 1 is 1.05 bits per heavy atom. The van der Waals surface area contributed by atoms with Gasteiger partial charge < -0.3 is 10.6 Å². The van der Waals surface area contributed by atoms with E-state index in [0.29, 0.717) is 21.4 Å². The normalized spacial score (nSPS) is 10.1. The molecule has 0 spiro atoms. The first kappa shape index (κ1) is 16.1. The van der Waals surface area contributed by atoms with Crippen LogP contribution in [0, 0.1) is 10.1 Å². The van der Waals surface area contributed by atoms with Crippen molar-refractivity contribution >= 4 is 46.2 Å². The van der Waals surface area contributed by atoms with E-state index in [0.717, 1.165) is 0 Å². The lowest BCUT2D eigenvalue weighted by atomic mass is 10.3. The van der Waals surface area contributed by atoms with Gasteiger partial charge in [-0.25, -0.2) is 0 Å². The fraction of sp³-hybridized carbons (Fsp3) is 0.0714. The molecule has 0 aliphatic rings. The molecular weight excluding hydrogens is 329 g/mol. The first-order valence-electron chi connectivity index (χ1n) is 6.19. The van der Waals surface area contributed by atoms with Crippen molar-refractivity contribution in [1.82, 2.24) is 0 Å². The van der Waals surface area contributed by atoms with Crippen molar-refractivity contribution in [3.8, 4) is 0 Å². The van der Waals surface area contributed by atoms with Crippen LogP contribution in [-0.4, -0.2) is 17.4 Å². The number of halogens is 2. The van der Waals surface area contributed by atoms with E-state index in [-0.39, 0.29) is 18.1 Å². The van der Waals surface area contributed by atoms with Crippen LogP contribution in [0.4, 0.5) is 17.1 Å². The lowest BCUT2D eigenvalue weighted by Gasteiger charge is -2.08. The third kappa shape index (κ3) is 4.34. The highest BCUT2D eigenvalue weighted by molar-refractivity contribution is 6.42. The molecule has 0 unspecified atom stereocenters. The molecule has 2 rings (SSSR count). The van der Waals surface area contributed by atoms with Crippen molar-refractivity contribution in [2.24, 2.45) is 0 Å². The lowest BCUT2D eigenvalue weighted by Crippen LogP contribution is -2.21. The number of nitro benzene ring substituents is 1. The Kier molecular flexibility index (Phi) is 5.19. The maximum absolute atomic E-state index is 11.8. The van der Waals surface area contributed by atoms with Gasteiger partial charge in [0.1, 0.15) is 0 Å². The van der Waals surface area contributed by atoms with Crippen molar-refractivity contribution in [2.45, 2.75) is 0 Å². The molecule has 0 radical (unpaired) electrons. The van der Waals surface area contributed by atoms with Crippen LogP contribution < -0.4 is 10.6 Å². The number of hydrogen-bond donors (Lipinski definition) is 2. The highest BCUT2D eigenvalue weighted by atomic mass is 35.5. The minimum Gasteiger partial charge on any atom is -0.376 e. The molecule has 0 bridgehead atoms. The summed E-state index contributed by atoms with van der Waals surface area (Å²) in [5, 5.41) is 16.8. The van der Waals surface area contributed by atoms with E-state index in [1.54, 1.807) is 18.2 Å². The van der Waals surface area contributed by atoms with E-state index < -0.39 is 4.92 Å². The van der Waals surface area contributed by atoms with E-state index >= 15 is 0 Å². The van der Waals surface area contributed by atoms with Crippen molar-refractivity contribution in [3.05, 3.63) is 62.6 Å². The van der Waals surface area contributed by atoms with Crippen LogP contribution in [0.15, 0.2) is 42.5 Å². The topological polar surface area (TPSA) is 84.3 Å². The zero-order valence-electron chi connectivity index (χ0n) is 11.2. The molecule has 0 aliphatic heterocycles. The molecule has 0 aliphatic carbocycles. The van der Waals surface area contributed by atoms with Crippen LogP contribution in [0.3, 0.4) is 0 Å². The molecule has 6 nitrogen and oxygen atoms in total. The predicted octanol–water partition coefficient (Wildman–Crippen LogP) is 3.95. The summed E-state index contributed by atoms with van der Waals surface area (Å²) < 4.78 is 0. The summed E-state index contributed by atoms with van der Waals surface area (Å²) in [6, 6.07) is 10.6. The van der Waals surface area contributed by atoms with Gasteiger partial charge in [0.25, 0.3) is 5.69 Å². The van der Waals surface area contributed by atoms with Gasteiger partial charge in [0.2, 0.25) is 5.91 Å². The standard InChI is InChI=1S/C14H11Cl2N3O3/c15-12-6-3-10(7-13(12)16)18-14(20)8-17-9-1-4-11(5-2-9)19(21)22/h1-7,17H,8H2,(H,18,20). The SMILES string of the molecule is O=C(CNc1ccc([N+](=O)[O-])cc1)Nc1ccc(Cl)c(Cl)c1. The maximum atomic E-state index is 11.8. The molecule has 2 aromatic carbocycles. The van der Waals surface area contributed by atoms with Crippen LogP contribution >= 0.6 is 23.2 Å². The van der Waals surface area contributed by atoms with E-state index in [9.17, 15) is 14.9 Å². The van der Waals surface area contributed by atoms with Crippen molar-refractivity contribution in [1.29, 1.82) is 0 Å². The maximum Gasteiger partial charge on any atom is 0.269 e. The molecule has 0 heterocycles. The van der Waals surface area contributed by atoms with Crippen LogP contribution in [0.1, 0.15) is 0 Å². The van der Waals surface area contributed by atoms with Gasteiger partial charge in [-0.05, 0) is 30.3 Å². The molecule has 8 heteroatoms. The molecule has 0 atom stereocenters. The van der Waals surface area contributed by atoms with Crippen LogP contribution in [0.5, 0.6) is 0 Å². The Balaban J connectivity index is 1.89. The highest BCUT2D eigenvalue weighted by Crippen LogP contribution is 2.25. The van der Waals surface area contributed by atoms with E-state index in [2.05, 4.69) is 10.6 Å². The van der Waals surface area contributed by atoms with Gasteiger partial charge in [-0.15, -0.1) is 0 Å². The number of carbonyl (C=O) groups is 1. The van der Waals surface area contributed by atoms with Crippen molar-refractivity contribution in [2.75, 3.05) is 17.2 Å². The van der Waals surface area contributed by atoms with Gasteiger partial charge in [-0.1, -0.05) is 23.2 Å². The van der Waals surface area contributed by atoms with Crippen LogP contribution in [0.2, 0.25) is 10.0 Å². The smallest absolute Gasteiger partial charge is 0.269 e. The Bertz CT molecular complexity index is 705. The number of carbonyl (C=O) groups excluding carboxylic acids is 1. The van der Waals surface area contributed by atoms with E-state index in [1.807, 2.05) is 0 Å². The monoisotopic (exact) mass is 339 g/mol. The molecule has 0 saturated heterocycles. The zero-order chi connectivity index (χ0) is 16.1. The molecule has 114 valence electrons. The number of nitrogens with one attached hydrogen (secondary N) is 2. The fourth-order valence-electron chi connectivity index (χ4n) is 1.66. The molecule has 2 aromatic rings. The molecule has 0 fully saturated rings. The van der Waals surface area contributed by atoms with Crippen LogP contribution in [-0.2, 0) is 4.79 Å². The second-order valence-corrected chi connectivity index (χ2v) is 5.15. The average molecular weight is 340 g/mol. The summed E-state index contributed by atoms with van der Waals surface area (Å²) in [6.45, 7) is 0.0120. The van der Waals surface area contributed by atoms with Gasteiger partial charge >= 0.3 is 0 Å². The first-order valence-corrected chi connectivity index (χ1v) is 6.94. The largest absolute Gasteiger partial charge is 0.376 e. The number of benzene rings is 2. The van der Waals surface area contributed by atoms with Gasteiger partial charge in [0, 0.05) is 23.5 Å². The number of rotatable bonds is 5. The molecule has 0 aromatic heterocycles. The van der Waals surface area contributed by atoms with Gasteiger partial charge in [0.15, 0.2) is 0 Å². The Morgan fingerprint density at radius 2 is 1.68 bits per heavy atom. The molecule has 1 amide bonds. The van der Waals surface area contributed by atoms with Crippen molar-refractivity contribution < 1.29 is 9.72 Å². The average Bonchev–Trinajstić information content (AvgIpc) is 2.49. The first-order chi connectivity index (χ1) is 10.5. The minimum atomic E-state index is -0.485. The number of hydrogen-bond acceptors (Lipinski definition) is 4. The number of non-ortho nitro benzene ring substituents is 1. The summed E-state index contributed by atoms with van der Waals surface area (Å²) in [6.07, 6.45) is 0. The molecular formula is C14H11Cl2N3O3.